The first-order valence-corrected chi connectivity index (χ1v) is 7.33. The van der Waals surface area contributed by atoms with E-state index in [4.69, 9.17) is 0 Å². The van der Waals surface area contributed by atoms with Crippen molar-refractivity contribution in [3.05, 3.63) is 40.5 Å². The molecule has 1 fully saturated rings. The molecule has 0 saturated heterocycles. The number of allylic oxidation sites excluding steroid dienone is 1. The number of aryl methyl sites for hydroxylation is 2. The third-order valence-corrected chi connectivity index (χ3v) is 4.52. The van der Waals surface area contributed by atoms with Gasteiger partial charge in [-0.05, 0) is 68.1 Å². The maximum Gasteiger partial charge on any atom is -0.0254 e. The molecule has 0 radical (unpaired) electrons. The summed E-state index contributed by atoms with van der Waals surface area (Å²) in [7, 11) is 0. The number of hydrogen-bond donors (Lipinski definition) is 0. The van der Waals surface area contributed by atoms with Crippen LogP contribution >= 0.6 is 0 Å². The molecule has 0 bridgehead atoms. The van der Waals surface area contributed by atoms with Crippen LogP contribution in [0.2, 0.25) is 0 Å². The van der Waals surface area contributed by atoms with Gasteiger partial charge in [-0.15, -0.1) is 0 Å². The van der Waals surface area contributed by atoms with Gasteiger partial charge >= 0.3 is 0 Å². The number of benzene rings is 1. The summed E-state index contributed by atoms with van der Waals surface area (Å²) in [6.45, 7) is 9.11. The van der Waals surface area contributed by atoms with E-state index >= 15 is 0 Å². The van der Waals surface area contributed by atoms with Crippen molar-refractivity contribution < 1.29 is 0 Å². The highest BCUT2D eigenvalue weighted by Gasteiger charge is 2.19. The van der Waals surface area contributed by atoms with E-state index in [0.29, 0.717) is 0 Å². The molecule has 0 N–H and O–H groups in total. The summed E-state index contributed by atoms with van der Waals surface area (Å²) in [4.78, 5) is 0. The van der Waals surface area contributed by atoms with Gasteiger partial charge < -0.3 is 0 Å². The van der Waals surface area contributed by atoms with Gasteiger partial charge in [0.15, 0.2) is 0 Å². The normalized spacial score (nSPS) is 20.3. The van der Waals surface area contributed by atoms with Crippen molar-refractivity contribution in [3.63, 3.8) is 0 Å². The minimum absolute atomic E-state index is 0.855. The van der Waals surface area contributed by atoms with Gasteiger partial charge in [0.2, 0.25) is 0 Å². The lowest BCUT2D eigenvalue weighted by Crippen LogP contribution is -2.13. The SMILES string of the molecule is Cc1ccc(C=C2CCC(C(C)C)CC2)cc1C. The molecule has 0 atom stereocenters. The van der Waals surface area contributed by atoms with Crippen LogP contribution in [-0.4, -0.2) is 0 Å². The molecule has 0 unspecified atom stereocenters. The van der Waals surface area contributed by atoms with Crippen molar-refractivity contribution in [2.75, 3.05) is 0 Å². The Morgan fingerprint density at radius 1 is 1.06 bits per heavy atom. The second-order valence-corrected chi connectivity index (χ2v) is 6.23. The standard InChI is InChI=1S/C18H26/c1-13(2)18-9-7-16(8-10-18)12-17-6-5-14(3)15(4)11-17/h5-6,11-13,18H,7-10H2,1-4H3. The molecule has 0 aliphatic heterocycles. The zero-order valence-electron chi connectivity index (χ0n) is 12.3. The molecule has 0 amide bonds. The topological polar surface area (TPSA) is 0 Å². The Morgan fingerprint density at radius 3 is 2.28 bits per heavy atom. The van der Waals surface area contributed by atoms with Crippen molar-refractivity contribution >= 4 is 6.08 Å². The second kappa shape index (κ2) is 5.73. The summed E-state index contributed by atoms with van der Waals surface area (Å²) in [6.07, 6.45) is 7.79. The van der Waals surface area contributed by atoms with Gasteiger partial charge in [-0.1, -0.05) is 43.7 Å². The van der Waals surface area contributed by atoms with Crippen molar-refractivity contribution in [3.8, 4) is 0 Å². The molecular formula is C18H26. The lowest BCUT2D eigenvalue weighted by Gasteiger charge is -2.27. The molecule has 18 heavy (non-hydrogen) atoms. The summed E-state index contributed by atoms with van der Waals surface area (Å²) in [5.41, 5.74) is 5.83. The van der Waals surface area contributed by atoms with Gasteiger partial charge in [0.1, 0.15) is 0 Å². The molecule has 1 aliphatic rings. The van der Waals surface area contributed by atoms with Crippen LogP contribution < -0.4 is 0 Å². The van der Waals surface area contributed by atoms with Gasteiger partial charge in [-0.25, -0.2) is 0 Å². The van der Waals surface area contributed by atoms with Gasteiger partial charge in [-0.3, -0.25) is 0 Å². The largest absolute Gasteiger partial charge is 0.0696 e. The van der Waals surface area contributed by atoms with Crippen molar-refractivity contribution in [1.29, 1.82) is 0 Å². The first-order valence-electron chi connectivity index (χ1n) is 7.33. The second-order valence-electron chi connectivity index (χ2n) is 6.23. The Bertz CT molecular complexity index is 427. The highest BCUT2D eigenvalue weighted by Crippen LogP contribution is 2.33. The molecule has 0 aromatic heterocycles. The molecular weight excluding hydrogens is 216 g/mol. The van der Waals surface area contributed by atoms with E-state index in [1.54, 1.807) is 5.57 Å². The van der Waals surface area contributed by atoms with Gasteiger partial charge in [-0.2, -0.15) is 0 Å². The maximum atomic E-state index is 2.42. The Morgan fingerprint density at radius 2 is 1.72 bits per heavy atom. The van der Waals surface area contributed by atoms with Gasteiger partial charge in [0.05, 0.1) is 0 Å². The predicted molar refractivity (Wildman–Crippen MR) is 80.7 cm³/mol. The summed E-state index contributed by atoms with van der Waals surface area (Å²) < 4.78 is 0. The fourth-order valence-corrected chi connectivity index (χ4v) is 2.91. The Balaban J connectivity index is 2.04. The van der Waals surface area contributed by atoms with Crippen LogP contribution in [0.25, 0.3) is 6.08 Å². The third kappa shape index (κ3) is 3.25. The minimum Gasteiger partial charge on any atom is -0.0696 e. The van der Waals surface area contributed by atoms with Gasteiger partial charge in [0, 0.05) is 0 Å². The average Bonchev–Trinajstić information content (AvgIpc) is 2.34. The molecule has 0 heteroatoms. The van der Waals surface area contributed by atoms with Crippen LogP contribution in [0.4, 0.5) is 0 Å². The zero-order valence-corrected chi connectivity index (χ0v) is 12.3. The van der Waals surface area contributed by atoms with Crippen molar-refractivity contribution in [1.82, 2.24) is 0 Å². The lowest BCUT2D eigenvalue weighted by molar-refractivity contribution is 0.312. The van der Waals surface area contributed by atoms with Crippen LogP contribution in [0, 0.1) is 25.7 Å². The third-order valence-electron chi connectivity index (χ3n) is 4.52. The minimum atomic E-state index is 0.855. The van der Waals surface area contributed by atoms with Crippen LogP contribution in [0.15, 0.2) is 23.8 Å². The average molecular weight is 242 g/mol. The fourth-order valence-electron chi connectivity index (χ4n) is 2.91. The highest BCUT2D eigenvalue weighted by molar-refractivity contribution is 5.55. The first kappa shape index (κ1) is 13.4. The molecule has 1 aromatic rings. The van der Waals surface area contributed by atoms with E-state index in [1.165, 1.54) is 42.4 Å². The maximum absolute atomic E-state index is 2.42. The molecule has 1 aliphatic carbocycles. The Labute approximate surface area is 112 Å². The van der Waals surface area contributed by atoms with Crippen molar-refractivity contribution in [2.24, 2.45) is 11.8 Å². The van der Waals surface area contributed by atoms with Crippen molar-refractivity contribution in [2.45, 2.75) is 53.4 Å². The molecule has 2 rings (SSSR count). The van der Waals surface area contributed by atoms with Crippen LogP contribution in [-0.2, 0) is 0 Å². The van der Waals surface area contributed by atoms with E-state index in [9.17, 15) is 0 Å². The molecule has 0 heterocycles. The highest BCUT2D eigenvalue weighted by atomic mass is 14.2. The summed E-state index contributed by atoms with van der Waals surface area (Å²) >= 11 is 0. The van der Waals surface area contributed by atoms with Crippen LogP contribution in [0.5, 0.6) is 0 Å². The fraction of sp³-hybridized carbons (Fsp3) is 0.556. The smallest absolute Gasteiger partial charge is 0.0254 e. The molecule has 98 valence electrons. The van der Waals surface area contributed by atoms with Crippen LogP contribution in [0.1, 0.15) is 56.2 Å². The quantitative estimate of drug-likeness (QED) is 0.639. The van der Waals surface area contributed by atoms with Crippen LogP contribution in [0.3, 0.4) is 0 Å². The summed E-state index contributed by atoms with van der Waals surface area (Å²) in [5, 5.41) is 0. The predicted octanol–water partition coefficient (Wildman–Crippen LogP) is 5.53. The molecule has 1 aromatic carbocycles. The first-order chi connectivity index (χ1) is 8.56. The molecule has 0 nitrogen and oxygen atoms in total. The zero-order chi connectivity index (χ0) is 13.1. The number of hydrogen-bond acceptors (Lipinski definition) is 0. The van der Waals surface area contributed by atoms with E-state index in [-0.39, 0.29) is 0 Å². The monoisotopic (exact) mass is 242 g/mol. The Hall–Kier alpha value is -1.04. The lowest BCUT2D eigenvalue weighted by atomic mass is 9.79. The van der Waals surface area contributed by atoms with E-state index in [2.05, 4.69) is 52.0 Å². The van der Waals surface area contributed by atoms with Gasteiger partial charge in [0.25, 0.3) is 0 Å². The molecule has 0 spiro atoms. The van der Waals surface area contributed by atoms with E-state index < -0.39 is 0 Å². The van der Waals surface area contributed by atoms with E-state index in [1.807, 2.05) is 0 Å². The molecule has 1 saturated carbocycles. The summed E-state index contributed by atoms with van der Waals surface area (Å²) in [6, 6.07) is 6.81. The van der Waals surface area contributed by atoms with E-state index in [0.717, 1.165) is 11.8 Å². The summed E-state index contributed by atoms with van der Waals surface area (Å²) in [5.74, 6) is 1.80. The number of rotatable bonds is 2. The Kier molecular flexibility index (Phi) is 4.27.